The maximum atomic E-state index is 10.7. The van der Waals surface area contributed by atoms with Gasteiger partial charge in [0.1, 0.15) is 0 Å². The van der Waals surface area contributed by atoms with E-state index in [0.717, 1.165) is 38.3 Å². The van der Waals surface area contributed by atoms with Crippen molar-refractivity contribution >= 4 is 29.1 Å². The molecule has 0 atom stereocenters. The van der Waals surface area contributed by atoms with Crippen molar-refractivity contribution in [3.63, 3.8) is 0 Å². The Morgan fingerprint density at radius 1 is 0.862 bits per heavy atom. The van der Waals surface area contributed by atoms with Gasteiger partial charge in [-0.2, -0.15) is 0 Å². The number of aromatic nitrogens is 2. The number of carboxylic acid groups (broad SMARTS) is 1. The number of aliphatic carboxylic acids is 1. The molecule has 2 aromatic carbocycles. The van der Waals surface area contributed by atoms with Crippen molar-refractivity contribution in [2.75, 3.05) is 6.16 Å². The van der Waals surface area contributed by atoms with E-state index in [-0.39, 0.29) is 6.42 Å². The molecule has 0 bridgehead atoms. The van der Waals surface area contributed by atoms with E-state index in [9.17, 15) is 4.79 Å². The van der Waals surface area contributed by atoms with Gasteiger partial charge in [-0.25, -0.2) is 0 Å². The summed E-state index contributed by atoms with van der Waals surface area (Å²) in [5, 5.41) is 17.5. The zero-order chi connectivity index (χ0) is 20.5. The molecule has 0 amide bonds. The zero-order valence-corrected chi connectivity index (χ0v) is 18.1. The molecule has 1 N–H and O–H groups in total. The van der Waals surface area contributed by atoms with Crippen molar-refractivity contribution in [1.82, 2.24) is 9.78 Å². The quantitative estimate of drug-likeness (QED) is 0.386. The summed E-state index contributed by atoms with van der Waals surface area (Å²) in [5.74, 6) is -0.693. The number of unbranched alkanes of at least 4 members (excludes halogenated alkanes) is 4. The van der Waals surface area contributed by atoms with Crippen LogP contribution >= 0.6 is 7.26 Å². The number of benzene rings is 2. The van der Waals surface area contributed by atoms with Gasteiger partial charge < -0.3 is 0 Å². The van der Waals surface area contributed by atoms with Gasteiger partial charge in [-0.05, 0) is 0 Å². The molecule has 0 unspecified atom stereocenters. The number of carboxylic acids is 1. The summed E-state index contributed by atoms with van der Waals surface area (Å²) in [4.78, 5) is 10.7. The van der Waals surface area contributed by atoms with Gasteiger partial charge in [0.15, 0.2) is 0 Å². The van der Waals surface area contributed by atoms with Gasteiger partial charge in [0.2, 0.25) is 0 Å². The SMILES string of the molecule is Cn1cc([PH](CCCCCCCC(=O)O)(c2ccccc2)c2ccccc2)cn1. The van der Waals surface area contributed by atoms with Gasteiger partial charge >= 0.3 is 174 Å². The van der Waals surface area contributed by atoms with Crippen molar-refractivity contribution in [3.05, 3.63) is 73.1 Å². The molecule has 1 heterocycles. The summed E-state index contributed by atoms with van der Waals surface area (Å²) < 4.78 is 1.91. The Morgan fingerprint density at radius 3 is 1.93 bits per heavy atom. The van der Waals surface area contributed by atoms with E-state index in [4.69, 9.17) is 5.11 Å². The van der Waals surface area contributed by atoms with Crippen LogP contribution in [-0.4, -0.2) is 27.0 Å². The molecular weight excluding hydrogens is 379 g/mol. The fraction of sp³-hybridized carbons (Fsp3) is 0.333. The predicted molar refractivity (Wildman–Crippen MR) is 124 cm³/mol. The van der Waals surface area contributed by atoms with Gasteiger partial charge in [-0.3, -0.25) is 0 Å². The first-order chi connectivity index (χ1) is 14.1. The number of rotatable bonds is 11. The molecule has 0 saturated carbocycles. The Kier molecular flexibility index (Phi) is 7.60. The van der Waals surface area contributed by atoms with Gasteiger partial charge in [-0.1, -0.05) is 0 Å². The number of nitrogens with zero attached hydrogens (tertiary/aromatic N) is 2. The summed E-state index contributed by atoms with van der Waals surface area (Å²) >= 11 is 0. The Bertz CT molecular complexity index is 854. The fourth-order valence-electron chi connectivity index (χ4n) is 4.22. The van der Waals surface area contributed by atoms with E-state index in [1.165, 1.54) is 15.9 Å². The standard InChI is InChI=1S/C24H31N2O2P/c1-26-20-23(19-25-26)29(21-13-7-5-8-14-21,22-15-9-6-10-16-22)18-12-4-2-3-11-17-24(27)28/h5-10,13-16,19-20,29H,2-4,11-12,17-18H2,1H3,(H,27,28). The van der Waals surface area contributed by atoms with Crippen LogP contribution in [0.5, 0.6) is 0 Å². The summed E-state index contributed by atoms with van der Waals surface area (Å²) in [5.41, 5.74) is 0. The molecule has 154 valence electrons. The second-order valence-corrected chi connectivity index (χ2v) is 11.7. The van der Waals surface area contributed by atoms with Gasteiger partial charge in [0, 0.05) is 0 Å². The topological polar surface area (TPSA) is 55.1 Å². The third-order valence-corrected chi connectivity index (χ3v) is 10.7. The van der Waals surface area contributed by atoms with Gasteiger partial charge in [0.05, 0.1) is 0 Å². The molecule has 0 radical (unpaired) electrons. The van der Waals surface area contributed by atoms with Crippen LogP contribution in [0.15, 0.2) is 73.1 Å². The van der Waals surface area contributed by atoms with E-state index >= 15 is 0 Å². The fourth-order valence-corrected chi connectivity index (χ4v) is 9.07. The molecule has 0 aliphatic carbocycles. The van der Waals surface area contributed by atoms with Crippen LogP contribution in [0, 0.1) is 0 Å². The van der Waals surface area contributed by atoms with Crippen LogP contribution in [0.3, 0.4) is 0 Å². The van der Waals surface area contributed by atoms with Crippen LogP contribution in [0.2, 0.25) is 0 Å². The third kappa shape index (κ3) is 5.33. The van der Waals surface area contributed by atoms with Crippen LogP contribution in [0.4, 0.5) is 0 Å². The summed E-state index contributed by atoms with van der Waals surface area (Å²) in [6, 6.07) is 21.8. The summed E-state index contributed by atoms with van der Waals surface area (Å²) in [7, 11) is -0.180. The normalized spacial score (nSPS) is 12.0. The molecule has 3 aromatic rings. The van der Waals surface area contributed by atoms with Crippen LogP contribution in [-0.2, 0) is 11.8 Å². The summed E-state index contributed by atoms with van der Waals surface area (Å²) in [6.07, 6.45) is 10.8. The first-order valence-electron chi connectivity index (χ1n) is 10.4. The molecule has 0 aliphatic rings. The molecular formula is C24H31N2O2P. The Hall–Kier alpha value is -2.45. The monoisotopic (exact) mass is 410 g/mol. The molecule has 5 heteroatoms. The molecule has 0 saturated heterocycles. The average molecular weight is 410 g/mol. The van der Waals surface area contributed by atoms with Crippen LogP contribution in [0.25, 0.3) is 0 Å². The van der Waals surface area contributed by atoms with Crippen molar-refractivity contribution in [2.24, 2.45) is 7.05 Å². The molecule has 1 aromatic heterocycles. The number of hydrogen-bond acceptors (Lipinski definition) is 2. The van der Waals surface area contributed by atoms with Crippen molar-refractivity contribution in [1.29, 1.82) is 0 Å². The first-order valence-corrected chi connectivity index (χ1v) is 12.7. The zero-order valence-electron chi connectivity index (χ0n) is 17.1. The molecule has 0 aliphatic heterocycles. The third-order valence-electron chi connectivity index (χ3n) is 5.67. The molecule has 4 nitrogen and oxygen atoms in total. The van der Waals surface area contributed by atoms with E-state index in [0.29, 0.717) is 0 Å². The molecule has 29 heavy (non-hydrogen) atoms. The second-order valence-electron chi connectivity index (χ2n) is 7.70. The van der Waals surface area contributed by atoms with E-state index in [2.05, 4.69) is 78.2 Å². The molecule has 0 spiro atoms. The average Bonchev–Trinajstić information content (AvgIpc) is 3.18. The minimum atomic E-state index is -2.17. The Morgan fingerprint density at radius 2 is 1.41 bits per heavy atom. The van der Waals surface area contributed by atoms with Crippen molar-refractivity contribution in [2.45, 2.75) is 38.5 Å². The number of aryl methyl sites for hydroxylation is 1. The van der Waals surface area contributed by atoms with Crippen LogP contribution in [0.1, 0.15) is 38.5 Å². The molecule has 0 fully saturated rings. The summed E-state index contributed by atoms with van der Waals surface area (Å²) in [6.45, 7) is 0. The predicted octanol–water partition coefficient (Wildman–Crippen LogP) is 3.87. The number of hydrogen-bond donors (Lipinski definition) is 1. The number of carbonyl (C=O) groups is 1. The van der Waals surface area contributed by atoms with Gasteiger partial charge in [0.25, 0.3) is 0 Å². The Labute approximate surface area is 173 Å². The van der Waals surface area contributed by atoms with Crippen molar-refractivity contribution in [3.8, 4) is 0 Å². The first kappa shape index (κ1) is 21.3. The van der Waals surface area contributed by atoms with E-state index in [1.54, 1.807) is 0 Å². The van der Waals surface area contributed by atoms with Gasteiger partial charge in [-0.15, -0.1) is 0 Å². The molecule has 3 rings (SSSR count). The van der Waals surface area contributed by atoms with Crippen molar-refractivity contribution < 1.29 is 9.90 Å². The second kappa shape index (κ2) is 10.4. The minimum absolute atomic E-state index is 0.280. The maximum absolute atomic E-state index is 10.7. The van der Waals surface area contributed by atoms with Crippen LogP contribution < -0.4 is 15.9 Å². The van der Waals surface area contributed by atoms with E-state index in [1.807, 2.05) is 11.7 Å². The van der Waals surface area contributed by atoms with E-state index < -0.39 is 13.2 Å². The Balaban J connectivity index is 1.86.